The lowest BCUT2D eigenvalue weighted by molar-refractivity contribution is 0.198. The first-order valence-corrected chi connectivity index (χ1v) is 6.25. The molecule has 0 atom stereocenters. The molecule has 18 heavy (non-hydrogen) atoms. The van der Waals surface area contributed by atoms with Crippen LogP contribution in [0.2, 0.25) is 0 Å². The van der Waals surface area contributed by atoms with E-state index in [9.17, 15) is 0 Å². The molecule has 0 radical (unpaired) electrons. The number of anilines is 2. The van der Waals surface area contributed by atoms with Crippen molar-refractivity contribution >= 4 is 11.5 Å². The molecule has 0 unspecified atom stereocenters. The molecule has 1 rings (SSSR count). The summed E-state index contributed by atoms with van der Waals surface area (Å²) >= 11 is 0. The Bertz CT molecular complexity index is 347. The van der Waals surface area contributed by atoms with Crippen molar-refractivity contribution in [2.45, 2.75) is 26.2 Å². The number of ether oxygens (including phenoxy) is 2. The van der Waals surface area contributed by atoms with Crippen LogP contribution >= 0.6 is 0 Å². The molecule has 6 nitrogen and oxygen atoms in total. The van der Waals surface area contributed by atoms with Crippen LogP contribution < -0.4 is 15.8 Å². The summed E-state index contributed by atoms with van der Waals surface area (Å²) in [7, 11) is 1.68. The standard InChI is InChI=1S/C12H22N4O2/c1-3-4-8-18-12-10(13)11(15-9-16-12)14-6-5-7-17-2/h9H,3-8,13H2,1-2H3,(H,14,15,16). The maximum Gasteiger partial charge on any atom is 0.242 e. The van der Waals surface area contributed by atoms with Crippen molar-refractivity contribution in [3.8, 4) is 5.88 Å². The van der Waals surface area contributed by atoms with E-state index in [2.05, 4.69) is 22.2 Å². The Morgan fingerprint density at radius 1 is 1.28 bits per heavy atom. The van der Waals surface area contributed by atoms with Gasteiger partial charge in [0, 0.05) is 20.3 Å². The molecule has 0 saturated carbocycles. The Kier molecular flexibility index (Phi) is 6.86. The third-order valence-electron chi connectivity index (χ3n) is 2.40. The fraction of sp³-hybridized carbons (Fsp3) is 0.667. The van der Waals surface area contributed by atoms with Gasteiger partial charge in [0.05, 0.1) is 6.61 Å². The van der Waals surface area contributed by atoms with Gasteiger partial charge in [0.2, 0.25) is 5.88 Å². The highest BCUT2D eigenvalue weighted by molar-refractivity contribution is 5.66. The summed E-state index contributed by atoms with van der Waals surface area (Å²) in [4.78, 5) is 8.13. The largest absolute Gasteiger partial charge is 0.476 e. The Morgan fingerprint density at radius 2 is 2.11 bits per heavy atom. The molecule has 3 N–H and O–H groups in total. The number of nitrogens with zero attached hydrogens (tertiary/aromatic N) is 2. The zero-order chi connectivity index (χ0) is 13.2. The second-order valence-corrected chi connectivity index (χ2v) is 3.92. The van der Waals surface area contributed by atoms with E-state index >= 15 is 0 Å². The molecule has 0 aliphatic carbocycles. The average molecular weight is 254 g/mol. The van der Waals surface area contributed by atoms with Gasteiger partial charge in [0.25, 0.3) is 0 Å². The topological polar surface area (TPSA) is 82.3 Å². The Hall–Kier alpha value is -1.56. The molecule has 0 fully saturated rings. The number of nitrogen functional groups attached to an aromatic ring is 1. The normalized spacial score (nSPS) is 10.3. The van der Waals surface area contributed by atoms with Gasteiger partial charge in [0.1, 0.15) is 12.0 Å². The van der Waals surface area contributed by atoms with E-state index < -0.39 is 0 Å². The Balaban J connectivity index is 2.49. The fourth-order valence-corrected chi connectivity index (χ4v) is 1.37. The minimum Gasteiger partial charge on any atom is -0.476 e. The smallest absolute Gasteiger partial charge is 0.242 e. The van der Waals surface area contributed by atoms with Gasteiger partial charge in [-0.05, 0) is 12.8 Å². The first-order valence-electron chi connectivity index (χ1n) is 6.25. The van der Waals surface area contributed by atoms with Crippen LogP contribution in [-0.4, -0.2) is 36.8 Å². The SMILES string of the molecule is CCCCOc1ncnc(NCCCOC)c1N. The maximum absolute atomic E-state index is 5.94. The van der Waals surface area contributed by atoms with E-state index in [4.69, 9.17) is 15.2 Å². The predicted octanol–water partition coefficient (Wildman–Crippen LogP) is 1.69. The van der Waals surface area contributed by atoms with Crippen LogP contribution in [0, 0.1) is 0 Å². The van der Waals surface area contributed by atoms with E-state index in [1.165, 1.54) is 6.33 Å². The maximum atomic E-state index is 5.94. The third kappa shape index (κ3) is 4.75. The van der Waals surface area contributed by atoms with Gasteiger partial charge in [-0.3, -0.25) is 0 Å². The van der Waals surface area contributed by atoms with Crippen LogP contribution in [-0.2, 0) is 4.74 Å². The van der Waals surface area contributed by atoms with E-state index in [-0.39, 0.29) is 0 Å². The van der Waals surface area contributed by atoms with Crippen LogP contribution in [0.4, 0.5) is 11.5 Å². The van der Waals surface area contributed by atoms with Crippen molar-refractivity contribution in [3.63, 3.8) is 0 Å². The molecule has 1 heterocycles. The molecule has 1 aromatic rings. The molecular formula is C12H22N4O2. The number of methoxy groups -OCH3 is 1. The minimum absolute atomic E-state index is 0.452. The summed E-state index contributed by atoms with van der Waals surface area (Å²) in [6, 6.07) is 0. The van der Waals surface area contributed by atoms with Crippen molar-refractivity contribution in [1.82, 2.24) is 9.97 Å². The van der Waals surface area contributed by atoms with Crippen molar-refractivity contribution in [1.29, 1.82) is 0 Å². The molecular weight excluding hydrogens is 232 g/mol. The summed E-state index contributed by atoms with van der Waals surface area (Å²) in [5, 5.41) is 3.14. The summed E-state index contributed by atoms with van der Waals surface area (Å²) in [6.07, 6.45) is 4.41. The Morgan fingerprint density at radius 3 is 2.83 bits per heavy atom. The highest BCUT2D eigenvalue weighted by Gasteiger charge is 2.08. The van der Waals surface area contributed by atoms with Crippen LogP contribution in [0.1, 0.15) is 26.2 Å². The third-order valence-corrected chi connectivity index (χ3v) is 2.40. The quantitative estimate of drug-likeness (QED) is 0.652. The molecule has 1 aromatic heterocycles. The highest BCUT2D eigenvalue weighted by Crippen LogP contribution is 2.24. The fourth-order valence-electron chi connectivity index (χ4n) is 1.37. The van der Waals surface area contributed by atoms with Crippen molar-refractivity contribution < 1.29 is 9.47 Å². The monoisotopic (exact) mass is 254 g/mol. The molecule has 0 spiro atoms. The van der Waals surface area contributed by atoms with Gasteiger partial charge in [-0.25, -0.2) is 4.98 Å². The zero-order valence-electron chi connectivity index (χ0n) is 11.1. The molecule has 0 bridgehead atoms. The second kappa shape index (κ2) is 8.52. The number of nitrogens with one attached hydrogen (secondary N) is 1. The molecule has 0 saturated heterocycles. The first-order chi connectivity index (χ1) is 8.79. The van der Waals surface area contributed by atoms with Gasteiger partial charge >= 0.3 is 0 Å². The van der Waals surface area contributed by atoms with Gasteiger partial charge in [-0.1, -0.05) is 13.3 Å². The second-order valence-electron chi connectivity index (χ2n) is 3.92. The number of hydrogen-bond acceptors (Lipinski definition) is 6. The molecule has 102 valence electrons. The van der Waals surface area contributed by atoms with Crippen LogP contribution in [0.5, 0.6) is 5.88 Å². The van der Waals surface area contributed by atoms with Gasteiger partial charge < -0.3 is 20.5 Å². The van der Waals surface area contributed by atoms with Gasteiger partial charge in [0.15, 0.2) is 5.82 Å². The van der Waals surface area contributed by atoms with Crippen molar-refractivity contribution in [2.24, 2.45) is 0 Å². The zero-order valence-corrected chi connectivity index (χ0v) is 11.1. The van der Waals surface area contributed by atoms with Crippen molar-refractivity contribution in [2.75, 3.05) is 37.9 Å². The summed E-state index contributed by atoms with van der Waals surface area (Å²) < 4.78 is 10.5. The lowest BCUT2D eigenvalue weighted by Gasteiger charge is -2.11. The summed E-state index contributed by atoms with van der Waals surface area (Å²) in [5.41, 5.74) is 6.40. The highest BCUT2D eigenvalue weighted by atomic mass is 16.5. The summed E-state index contributed by atoms with van der Waals surface area (Å²) in [6.45, 7) is 4.19. The molecule has 0 aliphatic rings. The minimum atomic E-state index is 0.452. The van der Waals surface area contributed by atoms with Crippen LogP contribution in [0.25, 0.3) is 0 Å². The van der Waals surface area contributed by atoms with E-state index in [1.54, 1.807) is 7.11 Å². The first kappa shape index (κ1) is 14.5. The number of unbranched alkanes of at least 4 members (excludes halogenated alkanes) is 1. The van der Waals surface area contributed by atoms with E-state index in [0.29, 0.717) is 30.6 Å². The Labute approximate surface area is 108 Å². The van der Waals surface area contributed by atoms with E-state index in [1.807, 2.05) is 0 Å². The number of hydrogen-bond donors (Lipinski definition) is 2. The lowest BCUT2D eigenvalue weighted by atomic mass is 10.3. The number of aromatic nitrogens is 2. The van der Waals surface area contributed by atoms with Crippen LogP contribution in [0.15, 0.2) is 6.33 Å². The lowest BCUT2D eigenvalue weighted by Crippen LogP contribution is -2.10. The van der Waals surface area contributed by atoms with Crippen molar-refractivity contribution in [3.05, 3.63) is 6.33 Å². The summed E-state index contributed by atoms with van der Waals surface area (Å²) in [5.74, 6) is 1.07. The predicted molar refractivity (Wildman–Crippen MR) is 71.8 cm³/mol. The molecule has 0 aromatic carbocycles. The van der Waals surface area contributed by atoms with Crippen LogP contribution in [0.3, 0.4) is 0 Å². The van der Waals surface area contributed by atoms with E-state index in [0.717, 1.165) is 25.8 Å². The van der Waals surface area contributed by atoms with Gasteiger partial charge in [-0.15, -0.1) is 0 Å². The molecule has 0 amide bonds. The average Bonchev–Trinajstić information content (AvgIpc) is 2.38. The molecule has 0 aliphatic heterocycles. The molecule has 6 heteroatoms. The van der Waals surface area contributed by atoms with Gasteiger partial charge in [-0.2, -0.15) is 4.98 Å². The number of nitrogens with two attached hydrogens (primary N) is 1. The number of rotatable bonds is 9.